The monoisotopic (exact) mass is 256 g/mol. The smallest absolute Gasteiger partial charge is 0.246 e. The highest BCUT2D eigenvalue weighted by molar-refractivity contribution is 7.11. The Morgan fingerprint density at radius 1 is 1.53 bits per heavy atom. The van der Waals surface area contributed by atoms with Crippen molar-refractivity contribution in [3.63, 3.8) is 0 Å². The molecule has 0 saturated carbocycles. The molecule has 0 saturated heterocycles. The first-order valence-electron chi connectivity index (χ1n) is 5.75. The summed E-state index contributed by atoms with van der Waals surface area (Å²) in [5.74, 6) is -0.104. The van der Waals surface area contributed by atoms with Gasteiger partial charge in [-0.2, -0.15) is 0 Å². The number of carbonyl (C=O) groups is 1. The molecule has 1 rings (SSSR count). The van der Waals surface area contributed by atoms with E-state index in [0.717, 1.165) is 11.4 Å². The molecule has 0 radical (unpaired) electrons. The number of aryl methyl sites for hydroxylation is 1. The van der Waals surface area contributed by atoms with Crippen molar-refractivity contribution in [2.24, 2.45) is 0 Å². The van der Waals surface area contributed by atoms with Gasteiger partial charge in [0.05, 0.1) is 12.1 Å². The Morgan fingerprint density at radius 3 is 2.76 bits per heavy atom. The summed E-state index contributed by atoms with van der Waals surface area (Å²) < 4.78 is 5.38. The first-order chi connectivity index (χ1) is 7.90. The van der Waals surface area contributed by atoms with Gasteiger partial charge in [0.1, 0.15) is 11.6 Å². The lowest BCUT2D eigenvalue weighted by Crippen LogP contribution is -2.31. The van der Waals surface area contributed by atoms with E-state index in [1.165, 1.54) is 4.88 Å². The summed E-state index contributed by atoms with van der Waals surface area (Å²) in [6, 6.07) is 0. The summed E-state index contributed by atoms with van der Waals surface area (Å²) in [5, 5.41) is 3.73. The topological polar surface area (TPSA) is 51.2 Å². The highest BCUT2D eigenvalue weighted by Crippen LogP contribution is 2.12. The molecule has 1 aromatic rings. The van der Waals surface area contributed by atoms with Crippen LogP contribution >= 0.6 is 11.3 Å². The minimum absolute atomic E-state index is 0.0928. The van der Waals surface area contributed by atoms with Gasteiger partial charge in [0.25, 0.3) is 0 Å². The number of aromatic nitrogens is 1. The number of amides is 1. The third-order valence-corrected chi connectivity index (χ3v) is 3.16. The Bertz CT molecular complexity index is 369. The van der Waals surface area contributed by atoms with E-state index in [0.29, 0.717) is 6.54 Å². The number of thiazole rings is 1. The molecular weight excluding hydrogens is 236 g/mol. The van der Waals surface area contributed by atoms with Crippen LogP contribution in [-0.4, -0.2) is 23.1 Å². The molecule has 0 aliphatic carbocycles. The van der Waals surface area contributed by atoms with Crippen molar-refractivity contribution >= 4 is 17.2 Å². The Balaban J connectivity index is 2.28. The fourth-order valence-electron chi connectivity index (χ4n) is 1.10. The third kappa shape index (κ3) is 5.79. The van der Waals surface area contributed by atoms with Gasteiger partial charge >= 0.3 is 0 Å². The molecule has 1 N–H and O–H groups in total. The van der Waals surface area contributed by atoms with Crippen LogP contribution in [0.1, 0.15) is 37.6 Å². The number of rotatable bonds is 5. The van der Waals surface area contributed by atoms with Crippen molar-refractivity contribution in [2.45, 2.75) is 46.3 Å². The van der Waals surface area contributed by atoms with Gasteiger partial charge in [-0.15, -0.1) is 11.3 Å². The van der Waals surface area contributed by atoms with Crippen LogP contribution in [0.4, 0.5) is 0 Å². The molecule has 0 bridgehead atoms. The van der Waals surface area contributed by atoms with Gasteiger partial charge < -0.3 is 10.1 Å². The van der Waals surface area contributed by atoms with Gasteiger partial charge in [-0.05, 0) is 27.2 Å². The van der Waals surface area contributed by atoms with Crippen LogP contribution in [0.5, 0.6) is 0 Å². The summed E-state index contributed by atoms with van der Waals surface area (Å²) in [6.45, 7) is 8.44. The van der Waals surface area contributed by atoms with Crippen LogP contribution in [0.3, 0.4) is 0 Å². The van der Waals surface area contributed by atoms with Crippen molar-refractivity contribution < 1.29 is 9.53 Å². The number of nitrogens with zero attached hydrogens (tertiary/aromatic N) is 1. The van der Waals surface area contributed by atoms with Crippen molar-refractivity contribution in [2.75, 3.05) is 6.61 Å². The SMILES string of the molecule is CCc1cnc(CNC(=O)COC(C)(C)C)s1. The zero-order chi connectivity index (χ0) is 12.9. The van der Waals surface area contributed by atoms with E-state index in [1.54, 1.807) is 11.3 Å². The molecule has 0 aliphatic heterocycles. The van der Waals surface area contributed by atoms with E-state index in [-0.39, 0.29) is 18.1 Å². The second kappa shape index (κ2) is 6.12. The average molecular weight is 256 g/mol. The standard InChI is InChI=1S/C12H20N2O2S/c1-5-9-6-14-11(17-9)7-13-10(15)8-16-12(2,3)4/h6H,5,7-8H2,1-4H3,(H,13,15). The Hall–Kier alpha value is -0.940. The molecule has 0 atom stereocenters. The Morgan fingerprint density at radius 2 is 2.24 bits per heavy atom. The minimum atomic E-state index is -0.284. The van der Waals surface area contributed by atoms with Gasteiger partial charge in [-0.3, -0.25) is 4.79 Å². The molecule has 0 aliphatic rings. The maximum atomic E-state index is 11.5. The van der Waals surface area contributed by atoms with E-state index < -0.39 is 0 Å². The maximum absolute atomic E-state index is 11.5. The molecule has 1 amide bonds. The summed E-state index contributed by atoms with van der Waals surface area (Å²) in [7, 11) is 0. The van der Waals surface area contributed by atoms with Crippen LogP contribution in [0.15, 0.2) is 6.20 Å². The number of carbonyl (C=O) groups excluding carboxylic acids is 1. The van der Waals surface area contributed by atoms with Gasteiger partial charge in [0, 0.05) is 11.1 Å². The molecule has 1 aromatic heterocycles. The van der Waals surface area contributed by atoms with Crippen molar-refractivity contribution in [3.8, 4) is 0 Å². The fraction of sp³-hybridized carbons (Fsp3) is 0.667. The predicted octanol–water partition coefficient (Wildman–Crippen LogP) is 2.14. The molecule has 96 valence electrons. The fourth-order valence-corrected chi connectivity index (χ4v) is 1.90. The second-order valence-electron chi connectivity index (χ2n) is 4.75. The Labute approximate surface area is 106 Å². The Kier molecular flexibility index (Phi) is 5.08. The minimum Gasteiger partial charge on any atom is -0.366 e. The summed E-state index contributed by atoms with van der Waals surface area (Å²) in [4.78, 5) is 16.9. The quantitative estimate of drug-likeness (QED) is 0.878. The van der Waals surface area contributed by atoms with E-state index in [4.69, 9.17) is 4.74 Å². The largest absolute Gasteiger partial charge is 0.366 e. The highest BCUT2D eigenvalue weighted by atomic mass is 32.1. The molecule has 0 fully saturated rings. The molecule has 0 aromatic carbocycles. The highest BCUT2D eigenvalue weighted by Gasteiger charge is 2.12. The normalized spacial score (nSPS) is 11.5. The van der Waals surface area contributed by atoms with Crippen molar-refractivity contribution in [3.05, 3.63) is 16.1 Å². The summed E-state index contributed by atoms with van der Waals surface area (Å²) >= 11 is 1.63. The van der Waals surface area contributed by atoms with Gasteiger partial charge in [0.2, 0.25) is 5.91 Å². The number of hydrogen-bond donors (Lipinski definition) is 1. The number of ether oxygens (including phenoxy) is 1. The zero-order valence-corrected chi connectivity index (χ0v) is 11.7. The summed E-state index contributed by atoms with van der Waals surface area (Å²) in [5.41, 5.74) is -0.284. The van der Waals surface area contributed by atoms with Crippen LogP contribution in [-0.2, 0) is 22.5 Å². The second-order valence-corrected chi connectivity index (χ2v) is 5.95. The average Bonchev–Trinajstić information content (AvgIpc) is 2.70. The van der Waals surface area contributed by atoms with Crippen LogP contribution < -0.4 is 5.32 Å². The molecule has 17 heavy (non-hydrogen) atoms. The number of nitrogens with one attached hydrogen (secondary N) is 1. The van der Waals surface area contributed by atoms with Crippen LogP contribution in [0.2, 0.25) is 0 Å². The molecule has 1 heterocycles. The van der Waals surface area contributed by atoms with E-state index in [1.807, 2.05) is 27.0 Å². The van der Waals surface area contributed by atoms with Crippen LogP contribution in [0, 0.1) is 0 Å². The summed E-state index contributed by atoms with van der Waals surface area (Å²) in [6.07, 6.45) is 2.84. The first kappa shape index (κ1) is 14.1. The first-order valence-corrected chi connectivity index (χ1v) is 6.56. The van der Waals surface area contributed by atoms with Crippen molar-refractivity contribution in [1.29, 1.82) is 0 Å². The van der Waals surface area contributed by atoms with Crippen molar-refractivity contribution in [1.82, 2.24) is 10.3 Å². The lowest BCUT2D eigenvalue weighted by molar-refractivity contribution is -0.130. The molecule has 5 heteroatoms. The third-order valence-electron chi connectivity index (χ3n) is 2.02. The van der Waals surface area contributed by atoms with Gasteiger partial charge in [-0.1, -0.05) is 6.92 Å². The van der Waals surface area contributed by atoms with Gasteiger partial charge in [-0.25, -0.2) is 4.98 Å². The van der Waals surface area contributed by atoms with E-state index >= 15 is 0 Å². The van der Waals surface area contributed by atoms with E-state index in [2.05, 4.69) is 17.2 Å². The maximum Gasteiger partial charge on any atom is 0.246 e. The van der Waals surface area contributed by atoms with E-state index in [9.17, 15) is 4.79 Å². The lowest BCUT2D eigenvalue weighted by Gasteiger charge is -2.18. The molecular formula is C12H20N2O2S. The zero-order valence-electron chi connectivity index (χ0n) is 10.9. The number of hydrogen-bond acceptors (Lipinski definition) is 4. The van der Waals surface area contributed by atoms with Gasteiger partial charge in [0.15, 0.2) is 0 Å². The molecule has 0 unspecified atom stereocenters. The van der Waals surface area contributed by atoms with Crippen LogP contribution in [0.25, 0.3) is 0 Å². The molecule has 0 spiro atoms. The molecule has 4 nitrogen and oxygen atoms in total. The lowest BCUT2D eigenvalue weighted by atomic mass is 10.2. The predicted molar refractivity (Wildman–Crippen MR) is 69.0 cm³/mol.